The SMILES string of the molecule is CN1C(=O)CC[C@@H](C(=O)N2CCCCCC2)[C@@H]1c1ccccc1F. The molecule has 0 saturated carbocycles. The summed E-state index contributed by atoms with van der Waals surface area (Å²) in [5, 5.41) is 0. The lowest BCUT2D eigenvalue weighted by Gasteiger charge is -2.40. The molecule has 0 unspecified atom stereocenters. The maximum absolute atomic E-state index is 14.4. The summed E-state index contributed by atoms with van der Waals surface area (Å²) < 4.78 is 14.4. The van der Waals surface area contributed by atoms with Gasteiger partial charge in [0.05, 0.1) is 12.0 Å². The highest BCUT2D eigenvalue weighted by Gasteiger charge is 2.41. The Kier molecular flexibility index (Phi) is 5.17. The van der Waals surface area contributed by atoms with Gasteiger partial charge in [-0.3, -0.25) is 9.59 Å². The lowest BCUT2D eigenvalue weighted by Crippen LogP contribution is -2.48. The predicted octanol–water partition coefficient (Wildman–Crippen LogP) is 3.14. The smallest absolute Gasteiger partial charge is 0.228 e. The Morgan fingerprint density at radius 2 is 1.79 bits per heavy atom. The van der Waals surface area contributed by atoms with Gasteiger partial charge in [-0.15, -0.1) is 0 Å². The third-order valence-corrected chi connectivity index (χ3v) is 5.32. The number of carbonyl (C=O) groups is 2. The van der Waals surface area contributed by atoms with Crippen molar-refractivity contribution in [3.05, 3.63) is 35.6 Å². The molecule has 4 nitrogen and oxygen atoms in total. The second-order valence-corrected chi connectivity index (χ2v) is 6.86. The summed E-state index contributed by atoms with van der Waals surface area (Å²) in [4.78, 5) is 28.8. The first-order valence-corrected chi connectivity index (χ1v) is 8.88. The minimum absolute atomic E-state index is 0.0248. The monoisotopic (exact) mass is 332 g/mol. The molecule has 130 valence electrons. The number of likely N-dealkylation sites (tertiary alicyclic amines) is 2. The summed E-state index contributed by atoms with van der Waals surface area (Å²) in [6.45, 7) is 1.55. The summed E-state index contributed by atoms with van der Waals surface area (Å²) in [7, 11) is 1.68. The Morgan fingerprint density at radius 1 is 1.12 bits per heavy atom. The van der Waals surface area contributed by atoms with Crippen LogP contribution in [0.25, 0.3) is 0 Å². The van der Waals surface area contributed by atoms with E-state index in [0.717, 1.165) is 38.8 Å². The van der Waals surface area contributed by atoms with Crippen LogP contribution in [0.3, 0.4) is 0 Å². The van der Waals surface area contributed by atoms with Crippen molar-refractivity contribution in [1.29, 1.82) is 0 Å². The molecular formula is C19H25FN2O2. The molecule has 2 heterocycles. The van der Waals surface area contributed by atoms with E-state index in [1.54, 1.807) is 30.1 Å². The number of amides is 2. The lowest BCUT2D eigenvalue weighted by atomic mass is 9.83. The maximum atomic E-state index is 14.4. The molecule has 5 heteroatoms. The Morgan fingerprint density at radius 3 is 2.46 bits per heavy atom. The van der Waals surface area contributed by atoms with Gasteiger partial charge in [0.1, 0.15) is 5.82 Å². The van der Waals surface area contributed by atoms with Gasteiger partial charge in [-0.05, 0) is 25.3 Å². The number of hydrogen-bond acceptors (Lipinski definition) is 2. The summed E-state index contributed by atoms with van der Waals surface area (Å²) in [5.41, 5.74) is 0.446. The van der Waals surface area contributed by atoms with Crippen molar-refractivity contribution >= 4 is 11.8 Å². The average molecular weight is 332 g/mol. The first-order valence-electron chi connectivity index (χ1n) is 8.88. The summed E-state index contributed by atoms with van der Waals surface area (Å²) in [6.07, 6.45) is 5.21. The highest BCUT2D eigenvalue weighted by atomic mass is 19.1. The Labute approximate surface area is 142 Å². The van der Waals surface area contributed by atoms with Crippen LogP contribution in [-0.4, -0.2) is 41.8 Å². The second kappa shape index (κ2) is 7.32. The molecule has 2 saturated heterocycles. The van der Waals surface area contributed by atoms with Crippen molar-refractivity contribution in [2.24, 2.45) is 5.92 Å². The fourth-order valence-corrected chi connectivity index (χ4v) is 3.96. The van der Waals surface area contributed by atoms with Crippen LogP contribution in [-0.2, 0) is 9.59 Å². The normalized spacial score (nSPS) is 25.5. The van der Waals surface area contributed by atoms with Crippen molar-refractivity contribution in [1.82, 2.24) is 9.80 Å². The van der Waals surface area contributed by atoms with E-state index in [1.807, 2.05) is 4.90 Å². The molecule has 2 fully saturated rings. The molecule has 0 N–H and O–H groups in total. The van der Waals surface area contributed by atoms with Crippen molar-refractivity contribution in [3.8, 4) is 0 Å². The number of piperidine rings is 1. The topological polar surface area (TPSA) is 40.6 Å². The molecule has 0 aliphatic carbocycles. The molecule has 24 heavy (non-hydrogen) atoms. The van der Waals surface area contributed by atoms with Crippen molar-refractivity contribution in [2.75, 3.05) is 20.1 Å². The third kappa shape index (κ3) is 3.30. The van der Waals surface area contributed by atoms with E-state index in [4.69, 9.17) is 0 Å². The lowest BCUT2D eigenvalue weighted by molar-refractivity contribution is -0.146. The van der Waals surface area contributed by atoms with Gasteiger partial charge >= 0.3 is 0 Å². The molecule has 1 aromatic rings. The zero-order valence-electron chi connectivity index (χ0n) is 14.2. The van der Waals surface area contributed by atoms with Crippen molar-refractivity contribution < 1.29 is 14.0 Å². The molecule has 1 aromatic carbocycles. The van der Waals surface area contributed by atoms with E-state index < -0.39 is 6.04 Å². The fourth-order valence-electron chi connectivity index (χ4n) is 3.96. The minimum Gasteiger partial charge on any atom is -0.342 e. The van der Waals surface area contributed by atoms with E-state index in [9.17, 15) is 14.0 Å². The third-order valence-electron chi connectivity index (χ3n) is 5.32. The molecule has 0 aromatic heterocycles. The molecule has 0 bridgehead atoms. The van der Waals surface area contributed by atoms with Gasteiger partial charge in [-0.25, -0.2) is 4.39 Å². The molecule has 2 amide bonds. The van der Waals surface area contributed by atoms with Gasteiger partial charge in [0.2, 0.25) is 11.8 Å². The summed E-state index contributed by atoms with van der Waals surface area (Å²) >= 11 is 0. The second-order valence-electron chi connectivity index (χ2n) is 6.86. The Bertz CT molecular complexity index is 611. The van der Waals surface area contributed by atoms with E-state index in [-0.39, 0.29) is 23.5 Å². The Balaban J connectivity index is 1.90. The number of hydrogen-bond donors (Lipinski definition) is 0. The minimum atomic E-state index is -0.511. The number of benzene rings is 1. The fraction of sp³-hybridized carbons (Fsp3) is 0.579. The highest BCUT2D eigenvalue weighted by Crippen LogP contribution is 2.38. The van der Waals surface area contributed by atoms with E-state index in [0.29, 0.717) is 18.4 Å². The van der Waals surface area contributed by atoms with Gasteiger partial charge < -0.3 is 9.80 Å². The number of rotatable bonds is 2. The summed E-state index contributed by atoms with van der Waals surface area (Å²) in [5.74, 6) is -0.659. The number of halogens is 1. The van der Waals surface area contributed by atoms with E-state index in [1.165, 1.54) is 6.07 Å². The van der Waals surface area contributed by atoms with Crippen LogP contribution in [0.4, 0.5) is 4.39 Å². The van der Waals surface area contributed by atoms with Crippen LogP contribution in [0, 0.1) is 11.7 Å². The predicted molar refractivity (Wildman–Crippen MR) is 89.7 cm³/mol. The largest absolute Gasteiger partial charge is 0.342 e. The molecule has 2 aliphatic rings. The first kappa shape index (κ1) is 16.9. The van der Waals surface area contributed by atoms with Gasteiger partial charge in [-0.1, -0.05) is 31.0 Å². The van der Waals surface area contributed by atoms with Crippen LogP contribution >= 0.6 is 0 Å². The molecule has 3 rings (SSSR count). The standard InChI is InChI=1S/C19H25FN2O2/c1-21-17(23)11-10-15(18(21)14-8-4-5-9-16(14)20)19(24)22-12-6-2-3-7-13-22/h4-5,8-9,15,18H,2-3,6-7,10-13H2,1H3/t15-,18+/m1/s1. The van der Waals surface area contributed by atoms with Crippen LogP contribution < -0.4 is 0 Å². The highest BCUT2D eigenvalue weighted by molar-refractivity contribution is 5.85. The number of nitrogens with zero attached hydrogens (tertiary/aromatic N) is 2. The van der Waals surface area contributed by atoms with Gasteiger partial charge in [-0.2, -0.15) is 0 Å². The van der Waals surface area contributed by atoms with Crippen LogP contribution in [0.2, 0.25) is 0 Å². The Hall–Kier alpha value is -1.91. The zero-order chi connectivity index (χ0) is 17.1. The summed E-state index contributed by atoms with van der Waals surface area (Å²) in [6, 6.07) is 5.98. The molecule has 0 spiro atoms. The quantitative estimate of drug-likeness (QED) is 0.835. The first-order chi connectivity index (χ1) is 11.6. The van der Waals surface area contributed by atoms with Gasteiger partial charge in [0.25, 0.3) is 0 Å². The molecular weight excluding hydrogens is 307 g/mol. The van der Waals surface area contributed by atoms with E-state index in [2.05, 4.69) is 0 Å². The van der Waals surface area contributed by atoms with Crippen LogP contribution in [0.5, 0.6) is 0 Å². The molecule has 2 atom stereocenters. The average Bonchev–Trinajstić information content (AvgIpc) is 2.87. The van der Waals surface area contributed by atoms with Crippen molar-refractivity contribution in [2.45, 2.75) is 44.6 Å². The van der Waals surface area contributed by atoms with E-state index >= 15 is 0 Å². The van der Waals surface area contributed by atoms with Crippen LogP contribution in [0.1, 0.15) is 50.1 Å². The van der Waals surface area contributed by atoms with Gasteiger partial charge in [0, 0.05) is 32.1 Å². The zero-order valence-corrected chi connectivity index (χ0v) is 14.2. The maximum Gasteiger partial charge on any atom is 0.228 e. The van der Waals surface area contributed by atoms with Crippen LogP contribution in [0.15, 0.2) is 24.3 Å². The van der Waals surface area contributed by atoms with Gasteiger partial charge in [0.15, 0.2) is 0 Å². The number of carbonyl (C=O) groups excluding carboxylic acids is 2. The van der Waals surface area contributed by atoms with Crippen molar-refractivity contribution in [3.63, 3.8) is 0 Å². The molecule has 2 aliphatic heterocycles. The molecule has 0 radical (unpaired) electrons.